The Morgan fingerprint density at radius 1 is 1.26 bits per heavy atom. The fraction of sp³-hybridized carbons (Fsp3) is 0.435. The van der Waals surface area contributed by atoms with E-state index in [0.717, 1.165) is 16.8 Å². The van der Waals surface area contributed by atoms with Crippen molar-refractivity contribution >= 4 is 21.6 Å². The monoisotopic (exact) mass is 444 g/mol. The van der Waals surface area contributed by atoms with Crippen molar-refractivity contribution in [3.63, 3.8) is 0 Å². The summed E-state index contributed by atoms with van der Waals surface area (Å²) in [5.41, 5.74) is 1.91. The van der Waals surface area contributed by atoms with Gasteiger partial charge in [0.15, 0.2) is 0 Å². The number of carbonyl (C=O) groups excluding carboxylic acids is 1. The summed E-state index contributed by atoms with van der Waals surface area (Å²) in [5.74, 6) is 1.33. The van der Waals surface area contributed by atoms with Crippen LogP contribution in [0.15, 0.2) is 41.3 Å². The Labute approximate surface area is 183 Å². The van der Waals surface area contributed by atoms with Crippen LogP contribution in [0.3, 0.4) is 0 Å². The van der Waals surface area contributed by atoms with Crippen LogP contribution < -0.4 is 19.1 Å². The second kappa shape index (κ2) is 7.84. The highest BCUT2D eigenvalue weighted by Crippen LogP contribution is 2.42. The van der Waals surface area contributed by atoms with Crippen LogP contribution in [-0.2, 0) is 21.2 Å². The lowest BCUT2D eigenvalue weighted by molar-refractivity contribution is -0.118. The highest BCUT2D eigenvalue weighted by Gasteiger charge is 2.37. The Morgan fingerprint density at radius 3 is 2.74 bits per heavy atom. The highest BCUT2D eigenvalue weighted by atomic mass is 32.2. The summed E-state index contributed by atoms with van der Waals surface area (Å²) in [6.07, 6.45) is 1.55. The molecule has 31 heavy (non-hydrogen) atoms. The second-order valence-corrected chi connectivity index (χ2v) is 10.3. The van der Waals surface area contributed by atoms with Crippen LogP contribution in [0.2, 0.25) is 0 Å². The SMILES string of the molecule is CCC(=O)N1CCc2cc(S(=O)(=O)NC3CC(C)(C)Oc4ccc(OC)cc43)ccc21. The van der Waals surface area contributed by atoms with Crippen molar-refractivity contribution in [2.75, 3.05) is 18.6 Å². The van der Waals surface area contributed by atoms with E-state index in [0.29, 0.717) is 37.3 Å². The van der Waals surface area contributed by atoms with Crippen molar-refractivity contribution < 1.29 is 22.7 Å². The number of rotatable bonds is 5. The third-order valence-electron chi connectivity index (χ3n) is 5.83. The zero-order chi connectivity index (χ0) is 22.4. The molecule has 1 amide bonds. The molecular weight excluding hydrogens is 416 g/mol. The van der Waals surface area contributed by atoms with Gasteiger partial charge in [0, 0.05) is 30.6 Å². The molecule has 0 fully saturated rings. The molecule has 0 aromatic heterocycles. The third kappa shape index (κ3) is 4.14. The molecule has 2 heterocycles. The Hall–Kier alpha value is -2.58. The average Bonchev–Trinajstić information content (AvgIpc) is 3.15. The van der Waals surface area contributed by atoms with E-state index in [9.17, 15) is 13.2 Å². The standard InChI is InChI=1S/C23H28N2O5S/c1-5-22(26)25-11-10-15-12-17(7-8-20(15)25)31(27,28)24-19-14-23(2,3)30-21-9-6-16(29-4)13-18(19)21/h6-9,12-13,19,24H,5,10-11,14H2,1-4H3. The Kier molecular flexibility index (Phi) is 5.47. The number of methoxy groups -OCH3 is 1. The highest BCUT2D eigenvalue weighted by molar-refractivity contribution is 7.89. The van der Waals surface area contributed by atoms with Crippen LogP contribution in [0.4, 0.5) is 5.69 Å². The number of hydrogen-bond acceptors (Lipinski definition) is 5. The molecular formula is C23H28N2O5S. The maximum absolute atomic E-state index is 13.3. The Balaban J connectivity index is 1.65. The van der Waals surface area contributed by atoms with E-state index in [1.807, 2.05) is 32.9 Å². The predicted octanol–water partition coefficient (Wildman–Crippen LogP) is 3.58. The maximum atomic E-state index is 13.3. The summed E-state index contributed by atoms with van der Waals surface area (Å²) in [7, 11) is -2.21. The number of nitrogens with one attached hydrogen (secondary N) is 1. The molecule has 0 radical (unpaired) electrons. The van der Waals surface area contributed by atoms with E-state index in [-0.39, 0.29) is 10.8 Å². The van der Waals surface area contributed by atoms with Crippen LogP contribution in [0.5, 0.6) is 11.5 Å². The van der Waals surface area contributed by atoms with Crippen LogP contribution >= 0.6 is 0 Å². The van der Waals surface area contributed by atoms with E-state index in [1.54, 1.807) is 36.3 Å². The molecule has 7 nitrogen and oxygen atoms in total. The van der Waals surface area contributed by atoms with Gasteiger partial charge in [-0.3, -0.25) is 4.79 Å². The minimum absolute atomic E-state index is 0.0440. The summed E-state index contributed by atoms with van der Waals surface area (Å²) < 4.78 is 40.8. The average molecular weight is 445 g/mol. The molecule has 2 aromatic rings. The predicted molar refractivity (Wildman–Crippen MR) is 118 cm³/mol. The van der Waals surface area contributed by atoms with E-state index in [1.165, 1.54) is 0 Å². The fourth-order valence-corrected chi connectivity index (χ4v) is 5.58. The van der Waals surface area contributed by atoms with Gasteiger partial charge in [-0.05, 0) is 62.2 Å². The topological polar surface area (TPSA) is 84.9 Å². The Bertz CT molecular complexity index is 1130. The lowest BCUT2D eigenvalue weighted by Gasteiger charge is -2.37. The quantitative estimate of drug-likeness (QED) is 0.762. The van der Waals surface area contributed by atoms with Gasteiger partial charge in [0.2, 0.25) is 15.9 Å². The molecule has 166 valence electrons. The summed E-state index contributed by atoms with van der Waals surface area (Å²) in [5, 5.41) is 0. The minimum Gasteiger partial charge on any atom is -0.497 e. The van der Waals surface area contributed by atoms with Gasteiger partial charge in [-0.2, -0.15) is 0 Å². The van der Waals surface area contributed by atoms with Gasteiger partial charge in [-0.15, -0.1) is 0 Å². The number of hydrogen-bond donors (Lipinski definition) is 1. The molecule has 4 rings (SSSR count). The van der Waals surface area contributed by atoms with Crippen LogP contribution in [0.1, 0.15) is 50.8 Å². The van der Waals surface area contributed by atoms with Crippen molar-refractivity contribution in [2.24, 2.45) is 0 Å². The maximum Gasteiger partial charge on any atom is 0.241 e. The number of fused-ring (bicyclic) bond motifs is 2. The molecule has 0 saturated heterocycles. The molecule has 0 saturated carbocycles. The third-order valence-corrected chi connectivity index (χ3v) is 7.30. The largest absolute Gasteiger partial charge is 0.497 e. The van der Waals surface area contributed by atoms with Crippen LogP contribution in [-0.4, -0.2) is 33.6 Å². The van der Waals surface area contributed by atoms with Crippen molar-refractivity contribution in [3.05, 3.63) is 47.5 Å². The smallest absolute Gasteiger partial charge is 0.241 e. The minimum atomic E-state index is -3.79. The van der Waals surface area contributed by atoms with Gasteiger partial charge in [0.05, 0.1) is 18.0 Å². The van der Waals surface area contributed by atoms with Gasteiger partial charge in [0.25, 0.3) is 0 Å². The van der Waals surface area contributed by atoms with E-state index >= 15 is 0 Å². The van der Waals surface area contributed by atoms with Gasteiger partial charge >= 0.3 is 0 Å². The van der Waals surface area contributed by atoms with Crippen molar-refractivity contribution in [1.82, 2.24) is 4.72 Å². The fourth-order valence-electron chi connectivity index (χ4n) is 4.32. The first kappa shape index (κ1) is 21.6. The van der Waals surface area contributed by atoms with Crippen LogP contribution in [0, 0.1) is 0 Å². The lowest BCUT2D eigenvalue weighted by atomic mass is 9.90. The van der Waals surface area contributed by atoms with Crippen LogP contribution in [0.25, 0.3) is 0 Å². The molecule has 1 atom stereocenters. The normalized spacial score (nSPS) is 19.4. The number of ether oxygens (including phenoxy) is 2. The number of sulfonamides is 1. The van der Waals surface area contributed by atoms with Gasteiger partial charge in [0.1, 0.15) is 17.1 Å². The molecule has 2 aliphatic heterocycles. The molecule has 2 aliphatic rings. The molecule has 0 spiro atoms. The van der Waals surface area contributed by atoms with Gasteiger partial charge < -0.3 is 14.4 Å². The first-order valence-corrected chi connectivity index (χ1v) is 11.9. The zero-order valence-electron chi connectivity index (χ0n) is 18.3. The summed E-state index contributed by atoms with van der Waals surface area (Å²) >= 11 is 0. The molecule has 8 heteroatoms. The first-order chi connectivity index (χ1) is 14.6. The van der Waals surface area contributed by atoms with Crippen molar-refractivity contribution in [3.8, 4) is 11.5 Å². The lowest BCUT2D eigenvalue weighted by Crippen LogP contribution is -2.41. The molecule has 0 aliphatic carbocycles. The number of anilines is 1. The Morgan fingerprint density at radius 2 is 2.03 bits per heavy atom. The molecule has 0 bridgehead atoms. The number of benzene rings is 2. The molecule has 1 unspecified atom stereocenters. The summed E-state index contributed by atoms with van der Waals surface area (Å²) in [6.45, 7) is 6.29. The summed E-state index contributed by atoms with van der Waals surface area (Å²) in [4.78, 5) is 14.0. The van der Waals surface area contributed by atoms with E-state index in [2.05, 4.69) is 4.72 Å². The number of amides is 1. The zero-order valence-corrected chi connectivity index (χ0v) is 19.1. The molecule has 2 aromatic carbocycles. The van der Waals surface area contributed by atoms with Gasteiger partial charge in [-0.25, -0.2) is 13.1 Å². The number of carbonyl (C=O) groups is 1. The number of nitrogens with zero attached hydrogens (tertiary/aromatic N) is 1. The first-order valence-electron chi connectivity index (χ1n) is 10.5. The van der Waals surface area contributed by atoms with Crippen molar-refractivity contribution in [2.45, 2.75) is 56.6 Å². The van der Waals surface area contributed by atoms with E-state index < -0.39 is 21.7 Å². The second-order valence-electron chi connectivity index (χ2n) is 8.58. The van der Waals surface area contributed by atoms with Gasteiger partial charge in [-0.1, -0.05) is 6.92 Å². The summed E-state index contributed by atoms with van der Waals surface area (Å²) in [6, 6.07) is 9.95. The molecule has 1 N–H and O–H groups in total. The van der Waals surface area contributed by atoms with E-state index in [4.69, 9.17) is 9.47 Å². The van der Waals surface area contributed by atoms with Crippen molar-refractivity contribution in [1.29, 1.82) is 0 Å².